The molecule has 1 aliphatic rings. The second-order valence-corrected chi connectivity index (χ2v) is 5.82. The van der Waals surface area contributed by atoms with Crippen molar-refractivity contribution in [3.05, 3.63) is 77.2 Å². The van der Waals surface area contributed by atoms with E-state index in [1.165, 1.54) is 22.3 Å². The van der Waals surface area contributed by atoms with Crippen LogP contribution in [0.4, 0.5) is 5.82 Å². The van der Waals surface area contributed by atoms with Gasteiger partial charge in [0.25, 0.3) is 0 Å². The molecule has 0 spiro atoms. The summed E-state index contributed by atoms with van der Waals surface area (Å²) in [6.45, 7) is 0.892. The molecule has 1 N–H and O–H groups in total. The molecule has 1 unspecified atom stereocenters. The smallest absolute Gasteiger partial charge is 0.129 e. The van der Waals surface area contributed by atoms with E-state index < -0.39 is 0 Å². The lowest BCUT2D eigenvalue weighted by Crippen LogP contribution is -2.02. The zero-order chi connectivity index (χ0) is 14.9. The van der Waals surface area contributed by atoms with E-state index in [1.54, 1.807) is 0 Å². The van der Waals surface area contributed by atoms with E-state index in [0.29, 0.717) is 5.92 Å². The van der Waals surface area contributed by atoms with Gasteiger partial charge in [-0.1, -0.05) is 30.3 Å². The zero-order valence-corrected chi connectivity index (χ0v) is 12.5. The van der Waals surface area contributed by atoms with Crippen LogP contribution in [0.25, 0.3) is 0 Å². The van der Waals surface area contributed by atoms with Crippen LogP contribution < -0.4 is 5.32 Å². The molecule has 0 bridgehead atoms. The minimum atomic E-state index is 0.340. The average molecular weight is 290 g/mol. The van der Waals surface area contributed by atoms with Gasteiger partial charge in [0.05, 0.1) is 6.20 Å². The highest BCUT2D eigenvalue weighted by molar-refractivity contribution is 5.56. The molecule has 0 saturated heterocycles. The number of aromatic nitrogens is 3. The molecule has 110 valence electrons. The molecule has 1 aliphatic heterocycles. The van der Waals surface area contributed by atoms with Gasteiger partial charge in [0.2, 0.25) is 0 Å². The first-order valence-electron chi connectivity index (χ1n) is 7.55. The summed E-state index contributed by atoms with van der Waals surface area (Å²) in [5, 5.41) is 7.69. The molecule has 3 heterocycles. The second-order valence-electron chi connectivity index (χ2n) is 5.82. The van der Waals surface area contributed by atoms with Gasteiger partial charge in [-0.3, -0.25) is 4.68 Å². The van der Waals surface area contributed by atoms with Crippen molar-refractivity contribution in [2.24, 2.45) is 7.05 Å². The summed E-state index contributed by atoms with van der Waals surface area (Å²) in [6, 6.07) is 12.8. The maximum atomic E-state index is 4.60. The first kappa shape index (κ1) is 13.1. The molecule has 22 heavy (non-hydrogen) atoms. The minimum absolute atomic E-state index is 0.340. The predicted octanol–water partition coefficient (Wildman–Crippen LogP) is 2.96. The van der Waals surface area contributed by atoms with Crippen LogP contribution in [-0.4, -0.2) is 21.3 Å². The first-order chi connectivity index (χ1) is 10.8. The van der Waals surface area contributed by atoms with E-state index in [-0.39, 0.29) is 0 Å². The molecular weight excluding hydrogens is 272 g/mol. The SMILES string of the molecule is Cn1cc(C2CNc3ncc(Cc4ccccc4)cc32)cn1. The van der Waals surface area contributed by atoms with Gasteiger partial charge in [0, 0.05) is 37.5 Å². The van der Waals surface area contributed by atoms with Crippen molar-refractivity contribution >= 4 is 5.82 Å². The summed E-state index contributed by atoms with van der Waals surface area (Å²) in [7, 11) is 1.96. The summed E-state index contributed by atoms with van der Waals surface area (Å²) in [6.07, 6.45) is 6.93. The van der Waals surface area contributed by atoms with Crippen LogP contribution in [0, 0.1) is 0 Å². The first-order valence-corrected chi connectivity index (χ1v) is 7.55. The quantitative estimate of drug-likeness (QED) is 0.806. The van der Waals surface area contributed by atoms with E-state index in [2.05, 4.69) is 51.9 Å². The van der Waals surface area contributed by atoms with Crippen LogP contribution in [0.1, 0.15) is 28.2 Å². The molecule has 1 atom stereocenters. The highest BCUT2D eigenvalue weighted by Crippen LogP contribution is 2.35. The number of benzene rings is 1. The van der Waals surface area contributed by atoms with Crippen LogP contribution in [-0.2, 0) is 13.5 Å². The fourth-order valence-electron chi connectivity index (χ4n) is 3.10. The molecule has 0 amide bonds. The molecule has 0 fully saturated rings. The van der Waals surface area contributed by atoms with Gasteiger partial charge in [-0.2, -0.15) is 5.10 Å². The number of anilines is 1. The Balaban J connectivity index is 1.65. The Hall–Kier alpha value is -2.62. The third-order valence-electron chi connectivity index (χ3n) is 4.20. The highest BCUT2D eigenvalue weighted by atomic mass is 15.2. The van der Waals surface area contributed by atoms with Crippen molar-refractivity contribution in [1.29, 1.82) is 0 Å². The van der Waals surface area contributed by atoms with E-state index in [9.17, 15) is 0 Å². The number of aryl methyl sites for hydroxylation is 1. The van der Waals surface area contributed by atoms with Crippen LogP contribution in [0.2, 0.25) is 0 Å². The van der Waals surface area contributed by atoms with Crippen molar-refractivity contribution in [3.63, 3.8) is 0 Å². The topological polar surface area (TPSA) is 42.7 Å². The maximum absolute atomic E-state index is 4.60. The Bertz CT molecular complexity index is 792. The van der Waals surface area contributed by atoms with Crippen molar-refractivity contribution in [3.8, 4) is 0 Å². The van der Waals surface area contributed by atoms with E-state index in [0.717, 1.165) is 18.8 Å². The summed E-state index contributed by atoms with van der Waals surface area (Å²) in [5.41, 5.74) is 5.09. The third kappa shape index (κ3) is 2.37. The van der Waals surface area contributed by atoms with E-state index >= 15 is 0 Å². The summed E-state index contributed by atoms with van der Waals surface area (Å²) < 4.78 is 1.86. The normalized spacial score (nSPS) is 16.3. The highest BCUT2D eigenvalue weighted by Gasteiger charge is 2.26. The van der Waals surface area contributed by atoms with Crippen molar-refractivity contribution in [2.45, 2.75) is 12.3 Å². The number of fused-ring (bicyclic) bond motifs is 1. The summed E-state index contributed by atoms with van der Waals surface area (Å²) in [5.74, 6) is 1.34. The van der Waals surface area contributed by atoms with Crippen molar-refractivity contribution in [1.82, 2.24) is 14.8 Å². The van der Waals surface area contributed by atoms with Gasteiger partial charge in [-0.25, -0.2) is 4.98 Å². The fraction of sp³-hybridized carbons (Fsp3) is 0.222. The second kappa shape index (κ2) is 5.30. The minimum Gasteiger partial charge on any atom is -0.369 e. The van der Waals surface area contributed by atoms with Crippen LogP contribution in [0.15, 0.2) is 55.0 Å². The van der Waals surface area contributed by atoms with Crippen LogP contribution in [0.5, 0.6) is 0 Å². The summed E-state index contributed by atoms with van der Waals surface area (Å²) in [4.78, 5) is 4.60. The number of nitrogens with zero attached hydrogens (tertiary/aromatic N) is 3. The maximum Gasteiger partial charge on any atom is 0.129 e. The van der Waals surface area contributed by atoms with E-state index in [4.69, 9.17) is 0 Å². The molecule has 1 aromatic carbocycles. The Morgan fingerprint density at radius 1 is 1.18 bits per heavy atom. The van der Waals surface area contributed by atoms with Gasteiger partial charge >= 0.3 is 0 Å². The Morgan fingerprint density at radius 3 is 2.82 bits per heavy atom. The lowest BCUT2D eigenvalue weighted by Gasteiger charge is -2.09. The molecule has 0 aliphatic carbocycles. The zero-order valence-electron chi connectivity index (χ0n) is 12.5. The third-order valence-corrected chi connectivity index (χ3v) is 4.20. The van der Waals surface area contributed by atoms with Gasteiger partial charge in [-0.05, 0) is 29.2 Å². The molecule has 3 aromatic rings. The summed E-state index contributed by atoms with van der Waals surface area (Å²) >= 11 is 0. The molecule has 0 saturated carbocycles. The molecule has 4 rings (SSSR count). The average Bonchev–Trinajstić information content (AvgIpc) is 3.14. The number of rotatable bonds is 3. The molecule has 4 nitrogen and oxygen atoms in total. The van der Waals surface area contributed by atoms with Gasteiger partial charge in [0.15, 0.2) is 0 Å². The molecule has 4 heteroatoms. The lowest BCUT2D eigenvalue weighted by atomic mass is 9.95. The fourth-order valence-corrected chi connectivity index (χ4v) is 3.10. The molecule has 0 radical (unpaired) electrons. The van der Waals surface area contributed by atoms with Gasteiger partial charge in [0.1, 0.15) is 5.82 Å². The van der Waals surface area contributed by atoms with Gasteiger partial charge < -0.3 is 5.32 Å². The Labute approximate surface area is 129 Å². The molecular formula is C18H18N4. The largest absolute Gasteiger partial charge is 0.369 e. The number of pyridine rings is 1. The number of hydrogen-bond donors (Lipinski definition) is 1. The monoisotopic (exact) mass is 290 g/mol. The van der Waals surface area contributed by atoms with Crippen molar-refractivity contribution < 1.29 is 0 Å². The Kier molecular flexibility index (Phi) is 3.15. The van der Waals surface area contributed by atoms with Gasteiger partial charge in [-0.15, -0.1) is 0 Å². The molecule has 2 aromatic heterocycles. The van der Waals surface area contributed by atoms with Crippen LogP contribution in [0.3, 0.4) is 0 Å². The van der Waals surface area contributed by atoms with Crippen molar-refractivity contribution in [2.75, 3.05) is 11.9 Å². The lowest BCUT2D eigenvalue weighted by molar-refractivity contribution is 0.765. The predicted molar refractivity (Wildman–Crippen MR) is 87.0 cm³/mol. The standard InChI is InChI=1S/C18H18N4/c1-22-12-15(10-21-22)17-11-20-18-16(17)8-14(9-19-18)7-13-5-3-2-4-6-13/h2-6,8-10,12,17H,7,11H2,1H3,(H,19,20). The van der Waals surface area contributed by atoms with E-state index in [1.807, 2.05) is 30.2 Å². The number of hydrogen-bond acceptors (Lipinski definition) is 3. The number of nitrogens with one attached hydrogen (secondary N) is 1. The van der Waals surface area contributed by atoms with Crippen LogP contribution >= 0.6 is 0 Å². The Morgan fingerprint density at radius 2 is 2.05 bits per heavy atom.